The molecule has 120 valence electrons. The second-order valence-corrected chi connectivity index (χ2v) is 5.48. The van der Waals surface area contributed by atoms with Crippen LogP contribution in [0.5, 0.6) is 0 Å². The average molecular weight is 298 g/mol. The smallest absolute Gasteiger partial charge is 0.320 e. The number of carbonyl (C=O) groups excluding carboxylic acids is 3. The summed E-state index contributed by atoms with van der Waals surface area (Å²) in [6, 6.07) is 0. The Labute approximate surface area is 126 Å². The van der Waals surface area contributed by atoms with E-state index in [0.29, 0.717) is 6.42 Å². The molecule has 0 spiro atoms. The van der Waals surface area contributed by atoms with Gasteiger partial charge in [-0.2, -0.15) is 0 Å². The molecule has 0 N–H and O–H groups in total. The van der Waals surface area contributed by atoms with Gasteiger partial charge in [0.2, 0.25) is 0 Å². The van der Waals surface area contributed by atoms with E-state index in [1.54, 1.807) is 13.8 Å². The fraction of sp³-hybridized carbons (Fsp3) is 0.812. The molecule has 1 rings (SSSR count). The zero-order valence-corrected chi connectivity index (χ0v) is 13.2. The molecule has 0 saturated heterocycles. The van der Waals surface area contributed by atoms with E-state index in [1.165, 1.54) is 0 Å². The molecule has 5 nitrogen and oxygen atoms in total. The van der Waals surface area contributed by atoms with Gasteiger partial charge in [-0.1, -0.05) is 13.3 Å². The van der Waals surface area contributed by atoms with Gasteiger partial charge in [0.1, 0.15) is 5.78 Å². The second-order valence-electron chi connectivity index (χ2n) is 5.48. The van der Waals surface area contributed by atoms with E-state index in [9.17, 15) is 14.4 Å². The third-order valence-electron chi connectivity index (χ3n) is 3.99. The number of ketones is 1. The first-order valence-corrected chi connectivity index (χ1v) is 7.91. The Hall–Kier alpha value is -1.39. The highest BCUT2D eigenvalue weighted by Gasteiger charge is 2.41. The van der Waals surface area contributed by atoms with Crippen molar-refractivity contribution in [2.45, 2.75) is 52.9 Å². The third kappa shape index (κ3) is 4.83. The van der Waals surface area contributed by atoms with Crippen molar-refractivity contribution in [3.05, 3.63) is 0 Å². The molecule has 0 aliphatic heterocycles. The molecular weight excluding hydrogens is 272 g/mol. The number of esters is 2. The normalized spacial score (nSPS) is 22.2. The van der Waals surface area contributed by atoms with Gasteiger partial charge in [0, 0.05) is 12.3 Å². The van der Waals surface area contributed by atoms with Crippen LogP contribution in [0.1, 0.15) is 52.9 Å². The Balaban J connectivity index is 2.78. The summed E-state index contributed by atoms with van der Waals surface area (Å²) in [5.74, 6) is -2.14. The fourth-order valence-electron chi connectivity index (χ4n) is 2.99. The van der Waals surface area contributed by atoms with Crippen LogP contribution in [-0.2, 0) is 23.9 Å². The molecule has 1 aliphatic carbocycles. The Bertz CT molecular complexity index is 359. The highest BCUT2D eigenvalue weighted by atomic mass is 16.6. The van der Waals surface area contributed by atoms with Crippen LogP contribution in [0, 0.1) is 17.8 Å². The molecule has 0 amide bonds. The molecule has 0 heterocycles. The molecule has 0 aromatic heterocycles. The van der Waals surface area contributed by atoms with Gasteiger partial charge < -0.3 is 9.47 Å². The molecule has 1 saturated carbocycles. The van der Waals surface area contributed by atoms with Crippen molar-refractivity contribution in [2.24, 2.45) is 17.8 Å². The first-order valence-electron chi connectivity index (χ1n) is 7.91. The van der Waals surface area contributed by atoms with Crippen LogP contribution in [0.3, 0.4) is 0 Å². The molecule has 1 aliphatic rings. The van der Waals surface area contributed by atoms with Crippen LogP contribution in [0.15, 0.2) is 0 Å². The molecule has 0 radical (unpaired) electrons. The lowest BCUT2D eigenvalue weighted by molar-refractivity contribution is -0.165. The van der Waals surface area contributed by atoms with Gasteiger partial charge in [-0.15, -0.1) is 0 Å². The highest BCUT2D eigenvalue weighted by molar-refractivity contribution is 5.96. The van der Waals surface area contributed by atoms with Crippen LogP contribution in [0.25, 0.3) is 0 Å². The summed E-state index contributed by atoms with van der Waals surface area (Å²) < 4.78 is 9.97. The largest absolute Gasteiger partial charge is 0.465 e. The van der Waals surface area contributed by atoms with Crippen molar-refractivity contribution in [3.63, 3.8) is 0 Å². The molecule has 2 atom stereocenters. The minimum Gasteiger partial charge on any atom is -0.465 e. The predicted molar refractivity (Wildman–Crippen MR) is 77.5 cm³/mol. The van der Waals surface area contributed by atoms with Gasteiger partial charge in [0.05, 0.1) is 13.2 Å². The van der Waals surface area contributed by atoms with Crippen molar-refractivity contribution in [1.82, 2.24) is 0 Å². The van der Waals surface area contributed by atoms with E-state index >= 15 is 0 Å². The van der Waals surface area contributed by atoms with E-state index < -0.39 is 17.9 Å². The maximum Gasteiger partial charge on any atom is 0.320 e. The first kappa shape index (κ1) is 17.7. The molecule has 21 heavy (non-hydrogen) atoms. The second kappa shape index (κ2) is 8.80. The summed E-state index contributed by atoms with van der Waals surface area (Å²) >= 11 is 0. The lowest BCUT2D eigenvalue weighted by Gasteiger charge is -2.30. The third-order valence-corrected chi connectivity index (χ3v) is 3.99. The van der Waals surface area contributed by atoms with Gasteiger partial charge in [-0.05, 0) is 39.0 Å². The van der Waals surface area contributed by atoms with E-state index in [2.05, 4.69) is 6.92 Å². The summed E-state index contributed by atoms with van der Waals surface area (Å²) in [5.41, 5.74) is 0. The van der Waals surface area contributed by atoms with E-state index in [4.69, 9.17) is 9.47 Å². The summed E-state index contributed by atoms with van der Waals surface area (Å²) in [6.45, 7) is 5.88. The van der Waals surface area contributed by atoms with Crippen LogP contribution in [-0.4, -0.2) is 30.9 Å². The number of rotatable bonds is 7. The highest BCUT2D eigenvalue weighted by Crippen LogP contribution is 2.34. The topological polar surface area (TPSA) is 69.7 Å². The number of hydrogen-bond acceptors (Lipinski definition) is 5. The van der Waals surface area contributed by atoms with Crippen molar-refractivity contribution in [2.75, 3.05) is 13.2 Å². The Kier molecular flexibility index (Phi) is 7.40. The maximum atomic E-state index is 12.2. The fourth-order valence-corrected chi connectivity index (χ4v) is 2.99. The van der Waals surface area contributed by atoms with Gasteiger partial charge >= 0.3 is 11.9 Å². The van der Waals surface area contributed by atoms with Crippen molar-refractivity contribution in [1.29, 1.82) is 0 Å². The lowest BCUT2D eigenvalue weighted by atomic mass is 9.74. The number of carbonyl (C=O) groups is 3. The standard InChI is InChI=1S/C16H26O5/c1-4-7-11-8-9-12(10-13(11)17)14(15(18)20-5-2)16(19)21-6-3/h11-12,14H,4-10H2,1-3H3/t11-,12-/m1/s1. The maximum absolute atomic E-state index is 12.2. The van der Waals surface area contributed by atoms with Crippen molar-refractivity contribution in [3.8, 4) is 0 Å². The zero-order chi connectivity index (χ0) is 15.8. The van der Waals surface area contributed by atoms with Crippen molar-refractivity contribution < 1.29 is 23.9 Å². The van der Waals surface area contributed by atoms with Gasteiger partial charge in [0.15, 0.2) is 5.92 Å². The number of Topliss-reactive ketones (excluding diaryl/α,β-unsaturated/α-hetero) is 1. The van der Waals surface area contributed by atoms with Crippen LogP contribution < -0.4 is 0 Å². The summed E-state index contributed by atoms with van der Waals surface area (Å²) in [6.07, 6.45) is 3.56. The Morgan fingerprint density at radius 1 is 1.10 bits per heavy atom. The lowest BCUT2D eigenvalue weighted by Crippen LogP contribution is -2.39. The van der Waals surface area contributed by atoms with Gasteiger partial charge in [0.25, 0.3) is 0 Å². The average Bonchev–Trinajstić information content (AvgIpc) is 2.43. The first-order chi connectivity index (χ1) is 10.0. The number of ether oxygens (including phenoxy) is 2. The molecule has 0 aromatic rings. The molecule has 1 fully saturated rings. The number of hydrogen-bond donors (Lipinski definition) is 0. The van der Waals surface area contributed by atoms with Gasteiger partial charge in [-0.25, -0.2) is 0 Å². The molecular formula is C16H26O5. The Morgan fingerprint density at radius 3 is 2.10 bits per heavy atom. The minimum absolute atomic E-state index is 0.0799. The van der Waals surface area contributed by atoms with Crippen LogP contribution in [0.2, 0.25) is 0 Å². The SMILES string of the molecule is CCC[C@@H]1CC[C@@H](C(C(=O)OCC)C(=O)OCC)CC1=O. The predicted octanol–water partition coefficient (Wildman–Crippen LogP) is 2.51. The molecule has 5 heteroatoms. The summed E-state index contributed by atoms with van der Waals surface area (Å²) in [7, 11) is 0. The molecule has 0 bridgehead atoms. The van der Waals surface area contributed by atoms with Crippen molar-refractivity contribution >= 4 is 17.7 Å². The summed E-state index contributed by atoms with van der Waals surface area (Å²) in [5, 5.41) is 0. The van der Waals surface area contributed by atoms with E-state index in [1.807, 2.05) is 0 Å². The zero-order valence-electron chi connectivity index (χ0n) is 13.2. The van der Waals surface area contributed by atoms with Gasteiger partial charge in [-0.3, -0.25) is 14.4 Å². The Morgan fingerprint density at radius 2 is 1.67 bits per heavy atom. The monoisotopic (exact) mass is 298 g/mol. The van der Waals surface area contributed by atoms with Crippen LogP contribution >= 0.6 is 0 Å². The molecule has 0 unspecified atom stereocenters. The summed E-state index contributed by atoms with van der Waals surface area (Å²) in [4.78, 5) is 36.2. The minimum atomic E-state index is -0.962. The molecule has 0 aromatic carbocycles. The van der Waals surface area contributed by atoms with E-state index in [-0.39, 0.29) is 37.3 Å². The quantitative estimate of drug-likeness (QED) is 0.533. The van der Waals surface area contributed by atoms with E-state index in [0.717, 1.165) is 19.3 Å². The van der Waals surface area contributed by atoms with Crippen LogP contribution in [0.4, 0.5) is 0 Å².